The number of hydrazone groups is 1. The zero-order chi connectivity index (χ0) is 15.9. The van der Waals surface area contributed by atoms with Crippen LogP contribution in [0.5, 0.6) is 0 Å². The molecule has 3 N–H and O–H groups in total. The van der Waals surface area contributed by atoms with Crippen molar-refractivity contribution in [2.45, 2.75) is 44.9 Å². The molecule has 1 aliphatic heterocycles. The van der Waals surface area contributed by atoms with Crippen molar-refractivity contribution in [2.75, 3.05) is 39.4 Å². The molecular formula is C17H31N4OS+. The topological polar surface area (TPSA) is 50.1 Å². The molecular weight excluding hydrogens is 308 g/mol. The van der Waals surface area contributed by atoms with E-state index in [1.165, 1.54) is 44.2 Å². The maximum absolute atomic E-state index is 5.37. The summed E-state index contributed by atoms with van der Waals surface area (Å²) in [5, 5.41) is 8.52. The van der Waals surface area contributed by atoms with Crippen LogP contribution in [-0.4, -0.2) is 50.2 Å². The lowest BCUT2D eigenvalue weighted by molar-refractivity contribution is -0.906. The van der Waals surface area contributed by atoms with E-state index < -0.39 is 0 Å². The fourth-order valence-electron chi connectivity index (χ4n) is 4.22. The quantitative estimate of drug-likeness (QED) is 0.522. The van der Waals surface area contributed by atoms with Gasteiger partial charge in [-0.2, -0.15) is 5.10 Å². The van der Waals surface area contributed by atoms with Crippen LogP contribution >= 0.6 is 12.2 Å². The molecule has 2 atom stereocenters. The highest BCUT2D eigenvalue weighted by Gasteiger charge is 2.30. The minimum atomic E-state index is 0.663. The molecule has 1 saturated heterocycles. The molecule has 130 valence electrons. The van der Waals surface area contributed by atoms with Gasteiger partial charge in [-0.05, 0) is 49.7 Å². The zero-order valence-corrected chi connectivity index (χ0v) is 14.9. The van der Waals surface area contributed by atoms with E-state index in [1.807, 2.05) is 0 Å². The first kappa shape index (κ1) is 17.1. The van der Waals surface area contributed by atoms with Crippen LogP contribution in [-0.2, 0) is 4.74 Å². The van der Waals surface area contributed by atoms with Crippen LogP contribution in [0.4, 0.5) is 0 Å². The smallest absolute Gasteiger partial charge is 0.187 e. The number of quaternary nitrogens is 1. The monoisotopic (exact) mass is 339 g/mol. The summed E-state index contributed by atoms with van der Waals surface area (Å²) in [6.45, 7) is 5.96. The number of hydrogen-bond donors (Lipinski definition) is 3. The second-order valence-electron chi connectivity index (χ2n) is 7.21. The normalized spacial score (nSPS) is 30.7. The summed E-state index contributed by atoms with van der Waals surface area (Å²) in [6, 6.07) is 0. The predicted octanol–water partition coefficient (Wildman–Crippen LogP) is 0.712. The summed E-state index contributed by atoms with van der Waals surface area (Å²) in [7, 11) is 0. The molecule has 0 aromatic rings. The summed E-state index contributed by atoms with van der Waals surface area (Å²) in [6.07, 6.45) is 9.33. The van der Waals surface area contributed by atoms with E-state index in [1.54, 1.807) is 4.90 Å². The first-order valence-electron chi connectivity index (χ1n) is 9.32. The maximum Gasteiger partial charge on any atom is 0.187 e. The van der Waals surface area contributed by atoms with Gasteiger partial charge in [-0.15, -0.1) is 0 Å². The van der Waals surface area contributed by atoms with Gasteiger partial charge in [-0.1, -0.05) is 19.3 Å². The SMILES string of the molecule is S=C(NCC[NH+]1CCOCC1)N/N=C1/CC[C@@H]2CCCC[C@@H]2C1. The van der Waals surface area contributed by atoms with E-state index in [0.29, 0.717) is 5.11 Å². The highest BCUT2D eigenvalue weighted by atomic mass is 32.1. The Morgan fingerprint density at radius 2 is 1.96 bits per heavy atom. The van der Waals surface area contributed by atoms with Gasteiger partial charge in [0.25, 0.3) is 0 Å². The Hall–Kier alpha value is -0.720. The van der Waals surface area contributed by atoms with Gasteiger partial charge >= 0.3 is 0 Å². The second kappa shape index (κ2) is 8.94. The molecule has 0 unspecified atom stereocenters. The van der Waals surface area contributed by atoms with Crippen LogP contribution in [0.2, 0.25) is 0 Å². The van der Waals surface area contributed by atoms with Crippen LogP contribution in [0.25, 0.3) is 0 Å². The van der Waals surface area contributed by atoms with Gasteiger partial charge in [0.2, 0.25) is 0 Å². The standard InChI is InChI=1S/C17H30N4OS/c23-17(18-7-8-21-9-11-22-12-10-21)20-19-16-6-5-14-3-1-2-4-15(14)13-16/h14-15H,1-13H2,(H2,18,20,23)/p+1/b19-16-/t14-,15+/m0/s1. The molecule has 3 rings (SSSR count). The van der Waals surface area contributed by atoms with Gasteiger partial charge in [0.1, 0.15) is 13.1 Å². The zero-order valence-electron chi connectivity index (χ0n) is 14.1. The van der Waals surface area contributed by atoms with Crippen molar-refractivity contribution in [3.8, 4) is 0 Å². The predicted molar refractivity (Wildman–Crippen MR) is 96.9 cm³/mol. The lowest BCUT2D eigenvalue weighted by Crippen LogP contribution is -3.14. The molecule has 0 bridgehead atoms. The number of rotatable bonds is 4. The van der Waals surface area contributed by atoms with E-state index in [4.69, 9.17) is 17.0 Å². The van der Waals surface area contributed by atoms with Crippen molar-refractivity contribution in [1.82, 2.24) is 10.7 Å². The summed E-state index contributed by atoms with van der Waals surface area (Å²) in [5.74, 6) is 1.84. The minimum absolute atomic E-state index is 0.663. The Balaban J connectivity index is 1.33. The number of morpholine rings is 1. The van der Waals surface area contributed by atoms with Gasteiger partial charge in [-0.3, -0.25) is 5.43 Å². The Morgan fingerprint density at radius 3 is 2.78 bits per heavy atom. The lowest BCUT2D eigenvalue weighted by Gasteiger charge is -2.35. The third-order valence-electron chi connectivity index (χ3n) is 5.65. The van der Waals surface area contributed by atoms with Crippen molar-refractivity contribution >= 4 is 23.0 Å². The highest BCUT2D eigenvalue weighted by Crippen LogP contribution is 2.39. The van der Waals surface area contributed by atoms with Crippen molar-refractivity contribution in [3.05, 3.63) is 0 Å². The molecule has 23 heavy (non-hydrogen) atoms. The maximum atomic E-state index is 5.37. The van der Waals surface area contributed by atoms with Crippen molar-refractivity contribution < 1.29 is 9.64 Å². The van der Waals surface area contributed by atoms with Crippen LogP contribution in [0.1, 0.15) is 44.9 Å². The van der Waals surface area contributed by atoms with Crippen molar-refractivity contribution in [2.24, 2.45) is 16.9 Å². The summed E-state index contributed by atoms with van der Waals surface area (Å²) >= 11 is 5.34. The molecule has 5 nitrogen and oxygen atoms in total. The van der Waals surface area contributed by atoms with E-state index in [-0.39, 0.29) is 0 Å². The fraction of sp³-hybridized carbons (Fsp3) is 0.882. The number of thiocarbonyl (C=S) groups is 1. The molecule has 3 aliphatic rings. The molecule has 1 heterocycles. The van der Waals surface area contributed by atoms with Gasteiger partial charge in [0.05, 0.1) is 26.3 Å². The Bertz CT molecular complexity index is 423. The lowest BCUT2D eigenvalue weighted by atomic mass is 9.70. The van der Waals surface area contributed by atoms with Crippen LogP contribution in [0, 0.1) is 11.8 Å². The fourth-order valence-corrected chi connectivity index (χ4v) is 4.37. The first-order chi connectivity index (χ1) is 11.3. The third kappa shape index (κ3) is 5.40. The number of ether oxygens (including phenoxy) is 1. The highest BCUT2D eigenvalue weighted by molar-refractivity contribution is 7.80. The number of fused-ring (bicyclic) bond motifs is 1. The molecule has 2 saturated carbocycles. The Morgan fingerprint density at radius 1 is 1.17 bits per heavy atom. The van der Waals surface area contributed by atoms with Gasteiger partial charge in [-0.25, -0.2) is 0 Å². The summed E-state index contributed by atoms with van der Waals surface area (Å²) in [5.41, 5.74) is 4.38. The summed E-state index contributed by atoms with van der Waals surface area (Å²) in [4.78, 5) is 1.59. The van der Waals surface area contributed by atoms with Gasteiger partial charge in [0, 0.05) is 5.71 Å². The molecule has 0 aromatic carbocycles. The average molecular weight is 340 g/mol. The molecule has 0 amide bonds. The van der Waals surface area contributed by atoms with Crippen LogP contribution in [0.3, 0.4) is 0 Å². The molecule has 2 aliphatic carbocycles. The van der Waals surface area contributed by atoms with E-state index in [2.05, 4.69) is 15.8 Å². The third-order valence-corrected chi connectivity index (χ3v) is 5.88. The van der Waals surface area contributed by atoms with Gasteiger partial charge in [0.15, 0.2) is 5.11 Å². The molecule has 3 fully saturated rings. The van der Waals surface area contributed by atoms with Crippen molar-refractivity contribution in [3.63, 3.8) is 0 Å². The number of hydrogen-bond acceptors (Lipinski definition) is 3. The molecule has 0 spiro atoms. The largest absolute Gasteiger partial charge is 0.370 e. The van der Waals surface area contributed by atoms with E-state index in [9.17, 15) is 0 Å². The van der Waals surface area contributed by atoms with E-state index >= 15 is 0 Å². The molecule has 0 radical (unpaired) electrons. The summed E-state index contributed by atoms with van der Waals surface area (Å²) < 4.78 is 5.37. The second-order valence-corrected chi connectivity index (χ2v) is 7.61. The Kier molecular flexibility index (Phi) is 6.66. The van der Waals surface area contributed by atoms with Crippen LogP contribution < -0.4 is 15.6 Å². The average Bonchev–Trinajstić information content (AvgIpc) is 2.61. The van der Waals surface area contributed by atoms with Crippen molar-refractivity contribution in [1.29, 1.82) is 0 Å². The molecule has 6 heteroatoms. The minimum Gasteiger partial charge on any atom is -0.370 e. The molecule has 0 aromatic heterocycles. The Labute approximate surface area is 145 Å². The number of nitrogens with zero attached hydrogens (tertiary/aromatic N) is 1. The number of nitrogens with one attached hydrogen (secondary N) is 3. The van der Waals surface area contributed by atoms with E-state index in [0.717, 1.165) is 57.6 Å². The van der Waals surface area contributed by atoms with Gasteiger partial charge < -0.3 is 15.0 Å². The first-order valence-corrected chi connectivity index (χ1v) is 9.72. The van der Waals surface area contributed by atoms with Crippen LogP contribution in [0.15, 0.2) is 5.10 Å².